The second-order valence-electron chi connectivity index (χ2n) is 5.45. The van der Waals surface area contributed by atoms with Crippen LogP contribution in [0.15, 0.2) is 35.4 Å². The fourth-order valence-electron chi connectivity index (χ4n) is 2.21. The number of ether oxygens (including phenoxy) is 2. The monoisotopic (exact) mass is 393 g/mol. The lowest BCUT2D eigenvalue weighted by atomic mass is 10.1. The molecule has 2 aromatic rings. The molecule has 0 aliphatic rings. The topological polar surface area (TPSA) is 75.1 Å². The van der Waals surface area contributed by atoms with Gasteiger partial charge < -0.3 is 19.9 Å². The van der Waals surface area contributed by atoms with Gasteiger partial charge in [0.15, 0.2) is 5.11 Å². The van der Waals surface area contributed by atoms with Crippen molar-refractivity contribution in [1.29, 1.82) is 0 Å². The van der Waals surface area contributed by atoms with Gasteiger partial charge in [0, 0.05) is 16.7 Å². The van der Waals surface area contributed by atoms with Gasteiger partial charge in [-0.15, -0.1) is 0 Å². The lowest BCUT2D eigenvalue weighted by molar-refractivity contribution is 0.405. The lowest BCUT2D eigenvalue weighted by Gasteiger charge is -2.13. The number of hydrogen-bond donors (Lipinski definition) is 3. The summed E-state index contributed by atoms with van der Waals surface area (Å²) in [6.07, 6.45) is 0. The molecule has 0 aliphatic carbocycles. The second-order valence-corrected chi connectivity index (χ2v) is 6.26. The molecule has 3 N–H and O–H groups in total. The molecular formula is C18H20ClN3O3S. The van der Waals surface area contributed by atoms with Crippen molar-refractivity contribution in [2.45, 2.75) is 13.8 Å². The number of hydrogen-bond acceptors (Lipinski definition) is 5. The van der Waals surface area contributed by atoms with Gasteiger partial charge in [0.1, 0.15) is 17.2 Å². The van der Waals surface area contributed by atoms with E-state index >= 15 is 0 Å². The van der Waals surface area contributed by atoms with Crippen LogP contribution < -0.4 is 20.2 Å². The zero-order valence-electron chi connectivity index (χ0n) is 14.9. The summed E-state index contributed by atoms with van der Waals surface area (Å²) < 4.78 is 10.5. The molecule has 138 valence electrons. The number of hydrazone groups is 1. The van der Waals surface area contributed by atoms with E-state index in [9.17, 15) is 5.11 Å². The van der Waals surface area contributed by atoms with Gasteiger partial charge in [-0.3, -0.25) is 5.43 Å². The molecule has 0 radical (unpaired) electrons. The molecule has 26 heavy (non-hydrogen) atoms. The Kier molecular flexibility index (Phi) is 6.65. The lowest BCUT2D eigenvalue weighted by Crippen LogP contribution is -2.25. The van der Waals surface area contributed by atoms with Gasteiger partial charge in [0.2, 0.25) is 0 Å². The van der Waals surface area contributed by atoms with Crippen LogP contribution in [0.4, 0.5) is 5.69 Å². The van der Waals surface area contributed by atoms with E-state index in [1.54, 1.807) is 51.5 Å². The third kappa shape index (κ3) is 4.77. The van der Waals surface area contributed by atoms with Gasteiger partial charge in [-0.1, -0.05) is 11.6 Å². The van der Waals surface area contributed by atoms with Crippen molar-refractivity contribution >= 4 is 40.3 Å². The molecule has 0 heterocycles. The Morgan fingerprint density at radius 3 is 2.58 bits per heavy atom. The minimum Gasteiger partial charge on any atom is -0.507 e. The molecule has 2 aromatic carbocycles. The number of thiocarbonyl (C=S) groups is 1. The largest absolute Gasteiger partial charge is 0.507 e. The molecule has 6 nitrogen and oxygen atoms in total. The first-order valence-corrected chi connectivity index (χ1v) is 8.47. The Labute approximate surface area is 162 Å². The van der Waals surface area contributed by atoms with Crippen LogP contribution in [0.3, 0.4) is 0 Å². The van der Waals surface area contributed by atoms with Gasteiger partial charge in [-0.05, 0) is 55.9 Å². The van der Waals surface area contributed by atoms with Gasteiger partial charge in [-0.25, -0.2) is 0 Å². The predicted molar refractivity (Wildman–Crippen MR) is 109 cm³/mol. The number of benzene rings is 2. The maximum absolute atomic E-state index is 10.1. The van der Waals surface area contributed by atoms with Gasteiger partial charge in [0.25, 0.3) is 0 Å². The third-order valence-electron chi connectivity index (χ3n) is 3.65. The fourth-order valence-corrected chi connectivity index (χ4v) is 2.53. The van der Waals surface area contributed by atoms with E-state index in [0.717, 1.165) is 5.56 Å². The molecule has 0 saturated carbocycles. The highest BCUT2D eigenvalue weighted by molar-refractivity contribution is 7.80. The smallest absolute Gasteiger partial charge is 0.191 e. The molecule has 0 fully saturated rings. The first-order chi connectivity index (χ1) is 12.3. The highest BCUT2D eigenvalue weighted by Crippen LogP contribution is 2.29. The Hall–Kier alpha value is -2.51. The van der Waals surface area contributed by atoms with Crippen LogP contribution in [0.25, 0.3) is 0 Å². The number of nitrogens with one attached hydrogen (secondary N) is 2. The number of phenols is 1. The zero-order chi connectivity index (χ0) is 19.3. The number of phenolic OH excluding ortho intramolecular Hbond substituents is 1. The van der Waals surface area contributed by atoms with Gasteiger partial charge in [-0.2, -0.15) is 5.10 Å². The van der Waals surface area contributed by atoms with Crippen molar-refractivity contribution in [1.82, 2.24) is 5.43 Å². The van der Waals surface area contributed by atoms with Crippen molar-refractivity contribution in [2.24, 2.45) is 5.10 Å². The normalized spacial score (nSPS) is 11.0. The van der Waals surface area contributed by atoms with Crippen molar-refractivity contribution in [3.63, 3.8) is 0 Å². The van der Waals surface area contributed by atoms with Crippen LogP contribution in [0.2, 0.25) is 5.02 Å². The van der Waals surface area contributed by atoms with E-state index in [0.29, 0.717) is 33.5 Å². The minimum absolute atomic E-state index is 0.100. The van der Waals surface area contributed by atoms with Gasteiger partial charge in [0.05, 0.1) is 25.6 Å². The highest BCUT2D eigenvalue weighted by atomic mass is 35.5. The van der Waals surface area contributed by atoms with Gasteiger partial charge >= 0.3 is 0 Å². The SMILES string of the molecule is COc1ccc(OC)c(NC(=S)N/N=C(\C)c2cc(Cl)c(C)cc2O)c1. The van der Waals surface area contributed by atoms with E-state index in [1.807, 2.05) is 6.92 Å². The molecule has 2 rings (SSSR count). The fraction of sp³-hybridized carbons (Fsp3) is 0.222. The van der Waals surface area contributed by atoms with Crippen LogP contribution >= 0.6 is 23.8 Å². The van der Waals surface area contributed by atoms with Crippen LogP contribution in [-0.2, 0) is 0 Å². The summed E-state index contributed by atoms with van der Waals surface area (Å²) in [5.74, 6) is 1.37. The molecule has 0 saturated heterocycles. The van der Waals surface area contributed by atoms with Crippen molar-refractivity contribution < 1.29 is 14.6 Å². The molecule has 0 aliphatic heterocycles. The number of rotatable bonds is 5. The minimum atomic E-state index is 0.100. The quantitative estimate of drug-likeness (QED) is 0.403. The van der Waals surface area contributed by atoms with E-state index in [1.165, 1.54) is 0 Å². The van der Waals surface area contributed by atoms with Crippen LogP contribution in [-0.4, -0.2) is 30.2 Å². The summed E-state index contributed by atoms with van der Waals surface area (Å²) in [5, 5.41) is 18.1. The summed E-state index contributed by atoms with van der Waals surface area (Å²) in [4.78, 5) is 0. The van der Waals surface area contributed by atoms with Crippen LogP contribution in [0.5, 0.6) is 17.2 Å². The summed E-state index contributed by atoms with van der Waals surface area (Å²) in [6.45, 7) is 3.56. The molecule has 0 bridgehead atoms. The van der Waals surface area contributed by atoms with Crippen molar-refractivity contribution in [3.05, 3.63) is 46.5 Å². The molecular weight excluding hydrogens is 374 g/mol. The first kappa shape index (κ1) is 19.8. The zero-order valence-corrected chi connectivity index (χ0v) is 16.5. The Balaban J connectivity index is 2.13. The number of halogens is 1. The van der Waals surface area contributed by atoms with E-state index < -0.39 is 0 Å². The number of nitrogens with zero attached hydrogens (tertiary/aromatic N) is 1. The van der Waals surface area contributed by atoms with E-state index in [-0.39, 0.29) is 10.9 Å². The molecule has 0 unspecified atom stereocenters. The Morgan fingerprint density at radius 1 is 1.19 bits per heavy atom. The van der Waals surface area contributed by atoms with Crippen LogP contribution in [0.1, 0.15) is 18.1 Å². The summed E-state index contributed by atoms with van der Waals surface area (Å²) in [6, 6.07) is 8.56. The van der Waals surface area contributed by atoms with E-state index in [2.05, 4.69) is 15.8 Å². The molecule has 0 atom stereocenters. The standard InChI is InChI=1S/C18H20ClN3O3S/c1-10-7-16(23)13(9-14(10)19)11(2)21-22-18(26)20-15-8-12(24-3)5-6-17(15)25-4/h5-9,23H,1-4H3,(H2,20,22,26)/b21-11+. The first-order valence-electron chi connectivity index (χ1n) is 7.68. The molecule has 0 amide bonds. The molecule has 0 spiro atoms. The summed E-state index contributed by atoms with van der Waals surface area (Å²) >= 11 is 11.4. The van der Waals surface area contributed by atoms with E-state index in [4.69, 9.17) is 33.3 Å². The summed E-state index contributed by atoms with van der Waals surface area (Å²) in [5.41, 5.74) is 5.22. The van der Waals surface area contributed by atoms with Crippen LogP contribution in [0, 0.1) is 6.92 Å². The average Bonchev–Trinajstić information content (AvgIpc) is 2.62. The Bertz CT molecular complexity index is 856. The summed E-state index contributed by atoms with van der Waals surface area (Å²) in [7, 11) is 3.14. The number of methoxy groups -OCH3 is 2. The maximum atomic E-state index is 10.1. The average molecular weight is 394 g/mol. The number of anilines is 1. The highest BCUT2D eigenvalue weighted by Gasteiger charge is 2.10. The number of aromatic hydroxyl groups is 1. The number of aryl methyl sites for hydroxylation is 1. The Morgan fingerprint density at radius 2 is 1.92 bits per heavy atom. The van der Waals surface area contributed by atoms with Crippen molar-refractivity contribution in [2.75, 3.05) is 19.5 Å². The maximum Gasteiger partial charge on any atom is 0.191 e. The third-order valence-corrected chi connectivity index (χ3v) is 4.25. The molecule has 0 aromatic heterocycles. The predicted octanol–water partition coefficient (Wildman–Crippen LogP) is 4.08. The second kappa shape index (κ2) is 8.73. The molecule has 8 heteroatoms. The van der Waals surface area contributed by atoms with Crippen molar-refractivity contribution in [3.8, 4) is 17.2 Å².